The standard InChI is InChI=1S/C18H44N6/c1-15(19)11-23(12-16(2)20)9-7-5-6-8-10-24(13-17(3)21)14-18(4)22/h15-18H,5-14,19-22H2,1-4H3. The zero-order valence-electron chi connectivity index (χ0n) is 16.6. The molecule has 0 aliphatic carbocycles. The van der Waals surface area contributed by atoms with Crippen LogP contribution in [0.15, 0.2) is 0 Å². The molecule has 0 amide bonds. The van der Waals surface area contributed by atoms with E-state index in [4.69, 9.17) is 22.9 Å². The molecule has 0 aromatic rings. The zero-order chi connectivity index (χ0) is 18.5. The van der Waals surface area contributed by atoms with Crippen molar-refractivity contribution in [1.29, 1.82) is 0 Å². The van der Waals surface area contributed by atoms with E-state index < -0.39 is 0 Å². The second-order valence-corrected chi connectivity index (χ2v) is 7.84. The van der Waals surface area contributed by atoms with Gasteiger partial charge in [0.15, 0.2) is 0 Å². The summed E-state index contributed by atoms with van der Waals surface area (Å²) >= 11 is 0. The van der Waals surface area contributed by atoms with Crippen molar-refractivity contribution < 1.29 is 0 Å². The lowest BCUT2D eigenvalue weighted by molar-refractivity contribution is 0.234. The van der Waals surface area contributed by atoms with E-state index in [1.807, 2.05) is 0 Å². The molecule has 6 nitrogen and oxygen atoms in total. The van der Waals surface area contributed by atoms with Crippen LogP contribution in [0.4, 0.5) is 0 Å². The van der Waals surface area contributed by atoms with Crippen LogP contribution < -0.4 is 22.9 Å². The largest absolute Gasteiger partial charge is 0.327 e. The Morgan fingerprint density at radius 1 is 0.500 bits per heavy atom. The lowest BCUT2D eigenvalue weighted by Gasteiger charge is -2.26. The Balaban J connectivity index is 3.91. The Labute approximate surface area is 150 Å². The zero-order valence-corrected chi connectivity index (χ0v) is 16.6. The summed E-state index contributed by atoms with van der Waals surface area (Å²) in [6.07, 6.45) is 4.91. The average molecular weight is 345 g/mol. The highest BCUT2D eigenvalue weighted by atomic mass is 15.1. The monoisotopic (exact) mass is 344 g/mol. The van der Waals surface area contributed by atoms with Crippen molar-refractivity contribution in [2.75, 3.05) is 39.3 Å². The first kappa shape index (κ1) is 23.8. The summed E-state index contributed by atoms with van der Waals surface area (Å²) in [5.41, 5.74) is 23.7. The average Bonchev–Trinajstić information content (AvgIpc) is 2.39. The number of nitrogens with zero attached hydrogens (tertiary/aromatic N) is 2. The van der Waals surface area contributed by atoms with Gasteiger partial charge in [-0.25, -0.2) is 0 Å². The topological polar surface area (TPSA) is 111 Å². The van der Waals surface area contributed by atoms with E-state index in [1.165, 1.54) is 25.7 Å². The minimum absolute atomic E-state index is 0.203. The van der Waals surface area contributed by atoms with E-state index in [0.717, 1.165) is 39.3 Å². The summed E-state index contributed by atoms with van der Waals surface area (Å²) < 4.78 is 0. The highest BCUT2D eigenvalue weighted by Gasteiger charge is 2.11. The summed E-state index contributed by atoms with van der Waals surface area (Å²) in [7, 11) is 0. The van der Waals surface area contributed by atoms with Crippen LogP contribution in [0, 0.1) is 0 Å². The van der Waals surface area contributed by atoms with Gasteiger partial charge in [0.05, 0.1) is 0 Å². The molecule has 0 rings (SSSR count). The quantitative estimate of drug-likeness (QED) is 0.323. The first-order valence-electron chi connectivity index (χ1n) is 9.67. The summed E-state index contributed by atoms with van der Waals surface area (Å²) in [4.78, 5) is 4.79. The van der Waals surface area contributed by atoms with Crippen LogP contribution in [0.3, 0.4) is 0 Å². The van der Waals surface area contributed by atoms with Gasteiger partial charge in [-0.05, 0) is 53.6 Å². The van der Waals surface area contributed by atoms with Gasteiger partial charge >= 0.3 is 0 Å². The van der Waals surface area contributed by atoms with Crippen molar-refractivity contribution >= 4 is 0 Å². The van der Waals surface area contributed by atoms with Crippen molar-refractivity contribution in [1.82, 2.24) is 9.80 Å². The number of hydrogen-bond donors (Lipinski definition) is 4. The first-order valence-corrected chi connectivity index (χ1v) is 9.67. The Kier molecular flexibility index (Phi) is 13.8. The highest BCUT2D eigenvalue weighted by molar-refractivity contribution is 4.70. The molecule has 0 aliphatic heterocycles. The molecule has 0 saturated heterocycles. The number of hydrogen-bond acceptors (Lipinski definition) is 6. The van der Waals surface area contributed by atoms with E-state index in [0.29, 0.717) is 0 Å². The van der Waals surface area contributed by atoms with Crippen LogP contribution in [-0.4, -0.2) is 73.2 Å². The minimum Gasteiger partial charge on any atom is -0.327 e. The molecule has 0 bridgehead atoms. The van der Waals surface area contributed by atoms with Crippen LogP contribution in [0.5, 0.6) is 0 Å². The van der Waals surface area contributed by atoms with Gasteiger partial charge in [-0.3, -0.25) is 0 Å². The van der Waals surface area contributed by atoms with E-state index in [2.05, 4.69) is 37.5 Å². The van der Waals surface area contributed by atoms with Crippen LogP contribution in [0.1, 0.15) is 53.4 Å². The SMILES string of the molecule is CC(N)CN(CCCCCCN(CC(C)N)CC(C)N)CC(C)N. The van der Waals surface area contributed by atoms with Crippen LogP contribution in [0.25, 0.3) is 0 Å². The molecule has 0 radical (unpaired) electrons. The molecule has 0 aromatic carbocycles. The summed E-state index contributed by atoms with van der Waals surface area (Å²) in [6.45, 7) is 14.1. The molecule has 0 spiro atoms. The van der Waals surface area contributed by atoms with E-state index in [9.17, 15) is 0 Å². The second-order valence-electron chi connectivity index (χ2n) is 7.84. The van der Waals surface area contributed by atoms with Gasteiger partial charge < -0.3 is 32.7 Å². The third-order valence-corrected chi connectivity index (χ3v) is 3.88. The predicted molar refractivity (Wildman–Crippen MR) is 106 cm³/mol. The van der Waals surface area contributed by atoms with Gasteiger partial charge in [-0.1, -0.05) is 12.8 Å². The van der Waals surface area contributed by atoms with Crippen LogP contribution >= 0.6 is 0 Å². The van der Waals surface area contributed by atoms with Gasteiger partial charge in [-0.15, -0.1) is 0 Å². The van der Waals surface area contributed by atoms with Gasteiger partial charge in [-0.2, -0.15) is 0 Å². The van der Waals surface area contributed by atoms with Gasteiger partial charge in [0.1, 0.15) is 0 Å². The Morgan fingerprint density at radius 2 is 0.750 bits per heavy atom. The first-order chi connectivity index (χ1) is 11.2. The van der Waals surface area contributed by atoms with Crippen molar-refractivity contribution in [2.45, 2.75) is 77.5 Å². The molecular formula is C18H44N6. The summed E-state index contributed by atoms with van der Waals surface area (Å²) in [5.74, 6) is 0. The Morgan fingerprint density at radius 3 is 0.958 bits per heavy atom. The fraction of sp³-hybridized carbons (Fsp3) is 1.00. The molecule has 0 fully saturated rings. The van der Waals surface area contributed by atoms with E-state index in [1.54, 1.807) is 0 Å². The number of unbranched alkanes of at least 4 members (excludes halogenated alkanes) is 3. The van der Waals surface area contributed by atoms with Crippen molar-refractivity contribution in [3.63, 3.8) is 0 Å². The summed E-state index contributed by atoms with van der Waals surface area (Å²) in [6, 6.07) is 0.810. The molecule has 4 atom stereocenters. The molecule has 24 heavy (non-hydrogen) atoms. The molecular weight excluding hydrogens is 300 g/mol. The maximum absolute atomic E-state index is 5.93. The minimum atomic E-state index is 0.203. The maximum Gasteiger partial charge on any atom is 0.0139 e. The second kappa shape index (κ2) is 14.0. The van der Waals surface area contributed by atoms with Crippen LogP contribution in [0.2, 0.25) is 0 Å². The summed E-state index contributed by atoms with van der Waals surface area (Å²) in [5, 5.41) is 0. The molecule has 0 aliphatic rings. The number of nitrogens with two attached hydrogens (primary N) is 4. The lowest BCUT2D eigenvalue weighted by Crippen LogP contribution is -2.42. The molecule has 0 heterocycles. The Bertz CT molecular complexity index is 233. The molecule has 8 N–H and O–H groups in total. The Hall–Kier alpha value is -0.240. The number of rotatable bonds is 15. The maximum atomic E-state index is 5.93. The van der Waals surface area contributed by atoms with Crippen molar-refractivity contribution in [2.24, 2.45) is 22.9 Å². The predicted octanol–water partition coefficient (Wildman–Crippen LogP) is 0.540. The van der Waals surface area contributed by atoms with Crippen molar-refractivity contribution in [3.05, 3.63) is 0 Å². The smallest absolute Gasteiger partial charge is 0.0139 e. The molecule has 0 saturated carbocycles. The van der Waals surface area contributed by atoms with Crippen molar-refractivity contribution in [3.8, 4) is 0 Å². The van der Waals surface area contributed by atoms with Gasteiger partial charge in [0.2, 0.25) is 0 Å². The van der Waals surface area contributed by atoms with E-state index >= 15 is 0 Å². The normalized spacial score (nSPS) is 17.2. The fourth-order valence-corrected chi connectivity index (χ4v) is 3.17. The highest BCUT2D eigenvalue weighted by Crippen LogP contribution is 2.05. The van der Waals surface area contributed by atoms with Gasteiger partial charge in [0.25, 0.3) is 0 Å². The fourth-order valence-electron chi connectivity index (χ4n) is 3.17. The third-order valence-electron chi connectivity index (χ3n) is 3.88. The third kappa shape index (κ3) is 15.3. The van der Waals surface area contributed by atoms with Gasteiger partial charge in [0, 0.05) is 50.3 Å². The van der Waals surface area contributed by atoms with E-state index in [-0.39, 0.29) is 24.2 Å². The molecule has 0 aromatic heterocycles. The lowest BCUT2D eigenvalue weighted by atomic mass is 10.1. The molecule has 6 heteroatoms. The molecule has 4 unspecified atom stereocenters. The molecule has 146 valence electrons. The van der Waals surface area contributed by atoms with Crippen LogP contribution in [-0.2, 0) is 0 Å².